The van der Waals surface area contributed by atoms with Gasteiger partial charge in [-0.05, 0) is 41.3 Å². The minimum absolute atomic E-state index is 0.619. The first kappa shape index (κ1) is 28.5. The largest absolute Gasteiger partial charge is 0.435 e. The maximum absolute atomic E-state index is 6.61. The number of oxazole rings is 1. The Kier molecular flexibility index (Phi) is 6.60. The summed E-state index contributed by atoms with van der Waals surface area (Å²) in [5, 5.41) is 4.52. The van der Waals surface area contributed by atoms with E-state index in [1.807, 2.05) is 91.0 Å². The molecule has 0 spiro atoms. The lowest BCUT2D eigenvalue weighted by Crippen LogP contribution is -2.01. The van der Waals surface area contributed by atoms with E-state index >= 15 is 0 Å². The van der Waals surface area contributed by atoms with Crippen LogP contribution in [0.3, 0.4) is 0 Å². The van der Waals surface area contributed by atoms with Gasteiger partial charge in [0, 0.05) is 53.4 Å². The molecule has 0 saturated heterocycles. The molecule has 0 unspecified atom stereocenters. The second-order valence-corrected chi connectivity index (χ2v) is 13.3. The number of thiophene rings is 1. The maximum atomic E-state index is 6.61. The van der Waals surface area contributed by atoms with E-state index in [1.165, 1.54) is 20.2 Å². The average molecular weight is 659 g/mol. The number of hydrogen-bond acceptors (Lipinski definition) is 6. The summed E-state index contributed by atoms with van der Waals surface area (Å²) in [7, 11) is 0. The fourth-order valence-electron chi connectivity index (χ4n) is 6.84. The lowest BCUT2D eigenvalue weighted by Gasteiger charge is -2.14. The summed E-state index contributed by atoms with van der Waals surface area (Å²) in [5.74, 6) is 2.52. The molecule has 0 fully saturated rings. The van der Waals surface area contributed by atoms with E-state index in [0.717, 1.165) is 55.3 Å². The van der Waals surface area contributed by atoms with Crippen LogP contribution in [0.15, 0.2) is 162 Å². The molecule has 0 amide bonds. The zero-order valence-electron chi connectivity index (χ0n) is 26.6. The van der Waals surface area contributed by atoms with Gasteiger partial charge in [-0.2, -0.15) is 0 Å². The Morgan fingerprint density at radius 1 is 0.440 bits per heavy atom. The van der Waals surface area contributed by atoms with Gasteiger partial charge in [-0.1, -0.05) is 127 Å². The van der Waals surface area contributed by atoms with Crippen molar-refractivity contribution in [1.82, 2.24) is 19.9 Å². The molecule has 50 heavy (non-hydrogen) atoms. The van der Waals surface area contributed by atoms with Crippen LogP contribution in [0.5, 0.6) is 0 Å². The van der Waals surface area contributed by atoms with E-state index in [1.54, 1.807) is 11.3 Å². The normalized spacial score (nSPS) is 11.6. The molecule has 0 radical (unpaired) electrons. The fraction of sp³-hybridized carbons (Fsp3) is 0. The SMILES string of the molecule is c1ccc(-c2nc(-c3ccccc3)nc(-c3ccccc3-c3cc4ccc5nc(-c6ccccc6)oc5c4c4c3sc3ccccc34)n2)cc1. The molecule has 3 heterocycles. The molecule has 0 aliphatic carbocycles. The molecule has 10 rings (SSSR count). The van der Waals surface area contributed by atoms with Crippen LogP contribution in [0.25, 0.3) is 98.8 Å². The Bertz CT molecular complexity index is 2810. The minimum Gasteiger partial charge on any atom is -0.435 e. The lowest BCUT2D eigenvalue weighted by molar-refractivity contribution is 0.623. The van der Waals surface area contributed by atoms with Crippen LogP contribution in [-0.4, -0.2) is 19.9 Å². The van der Waals surface area contributed by atoms with Crippen molar-refractivity contribution < 1.29 is 4.42 Å². The summed E-state index contributed by atoms with van der Waals surface area (Å²) < 4.78 is 9.00. The standard InChI is InChI=1S/C44H26N4OS/c1-4-14-27(15-5-1)41-46-42(28-16-6-2-7-17-28)48-43(47-41)32-21-11-10-20-31(32)34-26-30-24-25-35-39(49-44(45-35)29-18-8-3-9-19-29)37(30)38-33-22-12-13-23-36(33)50-40(34)38/h1-26H. The van der Waals surface area contributed by atoms with Crippen LogP contribution in [0, 0.1) is 0 Å². The van der Waals surface area contributed by atoms with Crippen LogP contribution in [-0.2, 0) is 0 Å². The van der Waals surface area contributed by atoms with E-state index in [9.17, 15) is 0 Å². The Morgan fingerprint density at radius 2 is 1.02 bits per heavy atom. The van der Waals surface area contributed by atoms with E-state index < -0.39 is 0 Å². The molecular weight excluding hydrogens is 633 g/mol. The molecule has 3 aromatic heterocycles. The molecule has 0 atom stereocenters. The Balaban J connectivity index is 1.25. The van der Waals surface area contributed by atoms with Crippen molar-refractivity contribution in [2.24, 2.45) is 0 Å². The summed E-state index contributed by atoms with van der Waals surface area (Å²) in [6.45, 7) is 0. The molecule has 10 aromatic rings. The highest BCUT2D eigenvalue weighted by Crippen LogP contribution is 2.48. The van der Waals surface area contributed by atoms with Crippen molar-refractivity contribution in [2.45, 2.75) is 0 Å². The topological polar surface area (TPSA) is 64.7 Å². The van der Waals surface area contributed by atoms with Gasteiger partial charge in [0.15, 0.2) is 23.1 Å². The predicted molar refractivity (Wildman–Crippen MR) is 205 cm³/mol. The minimum atomic E-state index is 0.619. The van der Waals surface area contributed by atoms with Crippen LogP contribution in [0.1, 0.15) is 0 Å². The highest BCUT2D eigenvalue weighted by atomic mass is 32.1. The Morgan fingerprint density at radius 3 is 1.72 bits per heavy atom. The van der Waals surface area contributed by atoms with Crippen molar-refractivity contribution in [3.8, 4) is 56.7 Å². The molecule has 0 aliphatic rings. The smallest absolute Gasteiger partial charge is 0.227 e. The van der Waals surface area contributed by atoms with E-state index in [-0.39, 0.29) is 0 Å². The molecule has 0 saturated carbocycles. The molecule has 6 heteroatoms. The van der Waals surface area contributed by atoms with Gasteiger partial charge < -0.3 is 4.42 Å². The molecule has 7 aromatic carbocycles. The number of fused-ring (bicyclic) bond motifs is 7. The number of aromatic nitrogens is 4. The lowest BCUT2D eigenvalue weighted by atomic mass is 9.93. The summed E-state index contributed by atoms with van der Waals surface area (Å²) in [4.78, 5) is 20.1. The third-order valence-corrected chi connectivity index (χ3v) is 10.4. The predicted octanol–water partition coefficient (Wildman–Crippen LogP) is 11.9. The first-order valence-electron chi connectivity index (χ1n) is 16.5. The monoisotopic (exact) mass is 658 g/mol. The van der Waals surface area contributed by atoms with Crippen LogP contribution in [0.4, 0.5) is 0 Å². The van der Waals surface area contributed by atoms with Crippen molar-refractivity contribution in [3.63, 3.8) is 0 Å². The van der Waals surface area contributed by atoms with E-state index in [0.29, 0.717) is 23.4 Å². The molecule has 5 nitrogen and oxygen atoms in total. The molecule has 0 aliphatic heterocycles. The molecule has 234 valence electrons. The average Bonchev–Trinajstić information content (AvgIpc) is 3.81. The maximum Gasteiger partial charge on any atom is 0.227 e. The summed E-state index contributed by atoms with van der Waals surface area (Å²) in [6, 6.07) is 53.9. The second kappa shape index (κ2) is 11.6. The number of hydrogen-bond donors (Lipinski definition) is 0. The quantitative estimate of drug-likeness (QED) is 0.184. The van der Waals surface area contributed by atoms with Crippen LogP contribution in [0.2, 0.25) is 0 Å². The third-order valence-electron chi connectivity index (χ3n) is 9.16. The zero-order valence-corrected chi connectivity index (χ0v) is 27.4. The number of rotatable bonds is 5. The van der Waals surface area contributed by atoms with Crippen molar-refractivity contribution in [3.05, 3.63) is 158 Å². The number of benzene rings is 7. The first-order valence-corrected chi connectivity index (χ1v) is 17.3. The number of nitrogens with zero attached hydrogens (tertiary/aromatic N) is 4. The van der Waals surface area contributed by atoms with Gasteiger partial charge in [0.1, 0.15) is 5.52 Å². The third kappa shape index (κ3) is 4.69. The first-order chi connectivity index (χ1) is 24.8. The fourth-order valence-corrected chi connectivity index (χ4v) is 8.08. The summed E-state index contributed by atoms with van der Waals surface area (Å²) >= 11 is 1.80. The van der Waals surface area contributed by atoms with Gasteiger partial charge in [-0.25, -0.2) is 19.9 Å². The van der Waals surface area contributed by atoms with Crippen LogP contribution < -0.4 is 0 Å². The van der Waals surface area contributed by atoms with Gasteiger partial charge in [0.05, 0.1) is 0 Å². The summed E-state index contributed by atoms with van der Waals surface area (Å²) in [5.41, 5.74) is 7.58. The highest BCUT2D eigenvalue weighted by Gasteiger charge is 2.22. The molecule has 0 bridgehead atoms. The van der Waals surface area contributed by atoms with Gasteiger partial charge >= 0.3 is 0 Å². The highest BCUT2D eigenvalue weighted by molar-refractivity contribution is 7.26. The molecular formula is C44H26N4OS. The van der Waals surface area contributed by atoms with Gasteiger partial charge in [0.25, 0.3) is 0 Å². The van der Waals surface area contributed by atoms with Gasteiger partial charge in [-0.15, -0.1) is 11.3 Å². The van der Waals surface area contributed by atoms with Crippen molar-refractivity contribution >= 4 is 53.4 Å². The van der Waals surface area contributed by atoms with Crippen molar-refractivity contribution in [1.29, 1.82) is 0 Å². The zero-order chi connectivity index (χ0) is 33.0. The van der Waals surface area contributed by atoms with Gasteiger partial charge in [-0.3, -0.25) is 0 Å². The summed E-state index contributed by atoms with van der Waals surface area (Å²) in [6.07, 6.45) is 0. The second-order valence-electron chi connectivity index (χ2n) is 12.2. The molecule has 0 N–H and O–H groups in total. The Labute approximate surface area is 291 Å². The van der Waals surface area contributed by atoms with Crippen molar-refractivity contribution in [2.75, 3.05) is 0 Å². The van der Waals surface area contributed by atoms with Gasteiger partial charge in [0.2, 0.25) is 5.89 Å². The Hall–Kier alpha value is -6.50. The van der Waals surface area contributed by atoms with Crippen LogP contribution >= 0.6 is 11.3 Å². The van der Waals surface area contributed by atoms with E-state index in [4.69, 9.17) is 24.4 Å². The van der Waals surface area contributed by atoms with E-state index in [2.05, 4.69) is 66.7 Å².